The molecule has 5 heavy (non-hydrogen) atoms. The second kappa shape index (κ2) is 3.70. The first-order valence-electron chi connectivity index (χ1n) is 1.71. The predicted molar refractivity (Wildman–Crippen MR) is 24.1 cm³/mol. The summed E-state index contributed by atoms with van der Waals surface area (Å²) in [5.41, 5.74) is 0. The summed E-state index contributed by atoms with van der Waals surface area (Å²) in [6.45, 7) is 8.50. The van der Waals surface area contributed by atoms with Crippen molar-refractivity contribution in [1.29, 1.82) is 0 Å². The predicted octanol–water partition coefficient (Wildman–Crippen LogP) is 0.392. The molecule has 0 bridgehead atoms. The third kappa shape index (κ3) is 21.8. The molecule has 0 aliphatic carbocycles. The Morgan fingerprint density at radius 2 is 1.40 bits per heavy atom. The molecule has 1 aliphatic rings. The molecular weight excluding hydrogens is 62.1 g/mol. The maximum Gasteiger partial charge on any atom is 0.00772 e. The van der Waals surface area contributed by atoms with Crippen molar-refractivity contribution in [2.45, 2.75) is 0 Å². The molecule has 0 amide bonds. The third-order valence-electron chi connectivity index (χ3n) is 0.250. The Kier molecular flexibility index (Phi) is 3.48. The van der Waals surface area contributed by atoms with Crippen LogP contribution >= 0.6 is 0 Å². The van der Waals surface area contributed by atoms with E-state index in [1.165, 1.54) is 13.1 Å². The molecule has 1 saturated heterocycles. The summed E-state index contributed by atoms with van der Waals surface area (Å²) in [5, 5.41) is 3.00. The third-order valence-corrected chi connectivity index (χ3v) is 0.250. The molecule has 1 heterocycles. The molecule has 0 radical (unpaired) electrons. The summed E-state index contributed by atoms with van der Waals surface area (Å²) in [6, 6.07) is 0. The molecule has 0 aromatic carbocycles. The van der Waals surface area contributed by atoms with Gasteiger partial charge < -0.3 is 5.32 Å². The van der Waals surface area contributed by atoms with Gasteiger partial charge in [-0.2, -0.15) is 0 Å². The fourth-order valence-electron chi connectivity index (χ4n) is 0. The van der Waals surface area contributed by atoms with Gasteiger partial charge in [-0.1, -0.05) is 0 Å². The van der Waals surface area contributed by atoms with Crippen LogP contribution in [0, 0.1) is 0 Å². The number of rotatable bonds is 0. The van der Waals surface area contributed by atoms with E-state index in [0.717, 1.165) is 0 Å². The Labute approximate surface area is 32.7 Å². The molecule has 1 aliphatic heterocycles. The van der Waals surface area contributed by atoms with E-state index in [0.29, 0.717) is 0 Å². The first-order chi connectivity index (χ1) is 2.50. The molecule has 1 fully saturated rings. The maximum absolute atomic E-state index is 3.00. The second-order valence-corrected chi connectivity index (χ2v) is 0.750. The van der Waals surface area contributed by atoms with Gasteiger partial charge in [0.1, 0.15) is 0 Å². The van der Waals surface area contributed by atoms with Crippen molar-refractivity contribution in [1.82, 2.24) is 5.32 Å². The smallest absolute Gasteiger partial charge is 0.00772 e. The van der Waals surface area contributed by atoms with Crippen LogP contribution in [0.15, 0.2) is 13.2 Å². The highest BCUT2D eigenvalue weighted by atomic mass is 15.0. The van der Waals surface area contributed by atoms with Crippen LogP contribution in [0.3, 0.4) is 0 Å². The quantitative estimate of drug-likeness (QED) is 0.324. The van der Waals surface area contributed by atoms with Crippen LogP contribution in [-0.4, -0.2) is 13.1 Å². The van der Waals surface area contributed by atoms with Crippen molar-refractivity contribution in [3.8, 4) is 0 Å². The summed E-state index contributed by atoms with van der Waals surface area (Å²) >= 11 is 0. The van der Waals surface area contributed by atoms with E-state index >= 15 is 0 Å². The average molecular weight is 71.1 g/mol. The first-order valence-corrected chi connectivity index (χ1v) is 1.71. The lowest BCUT2D eigenvalue weighted by Gasteiger charge is -1.21. The van der Waals surface area contributed by atoms with Crippen molar-refractivity contribution in [3.05, 3.63) is 13.2 Å². The minimum atomic E-state index is 1.25. The zero-order valence-electron chi connectivity index (χ0n) is 3.33. The van der Waals surface area contributed by atoms with Crippen LogP contribution in [0.1, 0.15) is 0 Å². The second-order valence-electron chi connectivity index (χ2n) is 0.750. The SMILES string of the molecule is C1CN1.C=C. The molecule has 1 rings (SSSR count). The summed E-state index contributed by atoms with van der Waals surface area (Å²) in [4.78, 5) is 0. The van der Waals surface area contributed by atoms with E-state index in [1.807, 2.05) is 0 Å². The molecule has 0 saturated carbocycles. The summed E-state index contributed by atoms with van der Waals surface area (Å²) in [6.07, 6.45) is 0. The van der Waals surface area contributed by atoms with E-state index in [1.54, 1.807) is 0 Å². The van der Waals surface area contributed by atoms with Crippen LogP contribution in [0.25, 0.3) is 0 Å². The van der Waals surface area contributed by atoms with Crippen molar-refractivity contribution >= 4 is 0 Å². The van der Waals surface area contributed by atoms with Crippen molar-refractivity contribution in [2.75, 3.05) is 13.1 Å². The Morgan fingerprint density at radius 3 is 1.40 bits per heavy atom. The normalized spacial score (nSPS) is 15.2. The summed E-state index contributed by atoms with van der Waals surface area (Å²) < 4.78 is 0. The van der Waals surface area contributed by atoms with E-state index in [4.69, 9.17) is 0 Å². The van der Waals surface area contributed by atoms with Crippen LogP contribution in [0.5, 0.6) is 0 Å². The molecule has 0 unspecified atom stereocenters. The van der Waals surface area contributed by atoms with Gasteiger partial charge in [0.05, 0.1) is 0 Å². The van der Waals surface area contributed by atoms with Crippen molar-refractivity contribution < 1.29 is 0 Å². The Morgan fingerprint density at radius 1 is 1.20 bits per heavy atom. The van der Waals surface area contributed by atoms with E-state index < -0.39 is 0 Å². The topological polar surface area (TPSA) is 21.9 Å². The van der Waals surface area contributed by atoms with Gasteiger partial charge in [-0.05, 0) is 0 Å². The van der Waals surface area contributed by atoms with Gasteiger partial charge in [0.25, 0.3) is 0 Å². The van der Waals surface area contributed by atoms with E-state index in [-0.39, 0.29) is 0 Å². The average Bonchev–Trinajstić information content (AvgIpc) is 2.19. The minimum absolute atomic E-state index is 1.25. The lowest BCUT2D eigenvalue weighted by Crippen LogP contribution is -1.56. The zero-order chi connectivity index (χ0) is 4.12. The van der Waals surface area contributed by atoms with E-state index in [2.05, 4.69) is 18.5 Å². The molecule has 1 nitrogen and oxygen atoms in total. The lowest BCUT2D eigenvalue weighted by atomic mass is 11.0. The Hall–Kier alpha value is -0.300. The van der Waals surface area contributed by atoms with Crippen LogP contribution in [0.2, 0.25) is 0 Å². The van der Waals surface area contributed by atoms with Gasteiger partial charge in [-0.3, -0.25) is 0 Å². The zero-order valence-corrected chi connectivity index (χ0v) is 3.33. The number of nitrogens with one attached hydrogen (secondary N) is 1. The summed E-state index contributed by atoms with van der Waals surface area (Å²) in [5.74, 6) is 0. The first kappa shape index (κ1) is 4.70. The molecule has 1 N–H and O–H groups in total. The van der Waals surface area contributed by atoms with Crippen LogP contribution in [-0.2, 0) is 0 Å². The van der Waals surface area contributed by atoms with Gasteiger partial charge in [-0.25, -0.2) is 0 Å². The highest BCUT2D eigenvalue weighted by Gasteiger charge is 1.91. The van der Waals surface area contributed by atoms with Crippen LogP contribution < -0.4 is 5.32 Å². The highest BCUT2D eigenvalue weighted by molar-refractivity contribution is 4.58. The number of hydrogen-bond acceptors (Lipinski definition) is 1. The monoisotopic (exact) mass is 71.1 g/mol. The largest absolute Gasteiger partial charge is 0.314 e. The minimum Gasteiger partial charge on any atom is -0.314 e. The summed E-state index contributed by atoms with van der Waals surface area (Å²) in [7, 11) is 0. The standard InChI is InChI=1S/C2H5N.C2H4/c1-2-3-1;1-2/h3H,1-2H2;1-2H2. The Balaban J connectivity index is 0.0000000733. The van der Waals surface area contributed by atoms with Gasteiger partial charge >= 0.3 is 0 Å². The van der Waals surface area contributed by atoms with Gasteiger partial charge in [0, 0.05) is 13.1 Å². The lowest BCUT2D eigenvalue weighted by molar-refractivity contribution is 1.34. The molecule has 30 valence electrons. The van der Waals surface area contributed by atoms with Gasteiger partial charge in [0.15, 0.2) is 0 Å². The number of hydrogen-bond donors (Lipinski definition) is 1. The fourth-order valence-corrected chi connectivity index (χ4v) is 0. The maximum atomic E-state index is 3.00. The van der Waals surface area contributed by atoms with Crippen molar-refractivity contribution in [3.63, 3.8) is 0 Å². The van der Waals surface area contributed by atoms with Crippen LogP contribution in [0.4, 0.5) is 0 Å². The molecule has 0 spiro atoms. The molecule has 1 heteroatoms. The Bertz CT molecular complexity index is 14.9. The molecule has 0 atom stereocenters. The fraction of sp³-hybridized carbons (Fsp3) is 0.500. The molecule has 0 aromatic rings. The van der Waals surface area contributed by atoms with Crippen molar-refractivity contribution in [2.24, 2.45) is 0 Å². The van der Waals surface area contributed by atoms with Gasteiger partial charge in [-0.15, -0.1) is 13.2 Å². The van der Waals surface area contributed by atoms with E-state index in [9.17, 15) is 0 Å². The molecule has 0 aromatic heterocycles. The highest BCUT2D eigenvalue weighted by Crippen LogP contribution is 1.65. The van der Waals surface area contributed by atoms with Gasteiger partial charge in [0.2, 0.25) is 0 Å². The molecular formula is C4H9N.